The second-order valence-corrected chi connectivity index (χ2v) is 5.34. The summed E-state index contributed by atoms with van der Waals surface area (Å²) in [7, 11) is -0.146. The topological polar surface area (TPSA) is 95.5 Å². The highest BCUT2D eigenvalue weighted by Crippen LogP contribution is 1.92. The Bertz CT molecular complexity index is 365. The first kappa shape index (κ1) is 20.4. The van der Waals surface area contributed by atoms with Crippen LogP contribution in [-0.2, 0) is 19.4 Å². The van der Waals surface area contributed by atoms with Crippen LogP contribution < -0.4 is 5.32 Å². The highest BCUT2D eigenvalue weighted by atomic mass is 32.3. The molecule has 114 valence electrons. The minimum absolute atomic E-state index is 0.0914. The second kappa shape index (κ2) is 9.90. The van der Waals surface area contributed by atoms with E-state index in [4.69, 9.17) is 0 Å². The van der Waals surface area contributed by atoms with Gasteiger partial charge >= 0.3 is 0 Å². The number of nitrogens with one attached hydrogen (secondary N) is 1. The molecule has 0 aliphatic rings. The molecule has 19 heavy (non-hydrogen) atoms. The average Bonchev–Trinajstić information content (AvgIpc) is 2.28. The van der Waals surface area contributed by atoms with E-state index < -0.39 is 10.4 Å². The minimum Gasteiger partial charge on any atom is -0.726 e. The third kappa shape index (κ3) is 17.0. The van der Waals surface area contributed by atoms with Crippen molar-refractivity contribution in [3.8, 4) is 0 Å². The molecule has 0 spiro atoms. The van der Waals surface area contributed by atoms with Crippen LogP contribution in [0.1, 0.15) is 13.8 Å². The number of amides is 1. The summed E-state index contributed by atoms with van der Waals surface area (Å²) in [6, 6.07) is 0. The molecule has 1 N–H and O–H groups in total. The number of likely N-dealkylation sites (N-methyl/N-ethyl adjacent to an activating group) is 1. The Morgan fingerprint density at radius 3 is 2.21 bits per heavy atom. The molecule has 0 aromatic carbocycles. The Balaban J connectivity index is 0. The van der Waals surface area contributed by atoms with Crippen LogP contribution in [0.3, 0.4) is 0 Å². The monoisotopic (exact) mass is 296 g/mol. The molecule has 0 rings (SSSR count). The molecule has 0 fully saturated rings. The maximum absolute atomic E-state index is 10.7. The van der Waals surface area contributed by atoms with Gasteiger partial charge in [-0.15, -0.1) is 0 Å². The van der Waals surface area contributed by atoms with Crippen molar-refractivity contribution in [2.24, 2.45) is 0 Å². The van der Waals surface area contributed by atoms with Crippen LogP contribution in [0.4, 0.5) is 0 Å². The standard InChI is InChI=1S/C9H18N2O.C2H6O4S/c1-5-9(12)10-7-8-11(3,4)6-2;1-2-6-7(3,4)5/h5H,1,6-8H2,2-4H3;2H2,1H3,(H,3,4,5). The largest absolute Gasteiger partial charge is 0.726 e. The fourth-order valence-electron chi connectivity index (χ4n) is 0.856. The lowest BCUT2D eigenvalue weighted by atomic mass is 10.4. The van der Waals surface area contributed by atoms with E-state index in [9.17, 15) is 17.8 Å². The van der Waals surface area contributed by atoms with E-state index in [0.717, 1.165) is 17.6 Å². The molecule has 0 aromatic rings. The Morgan fingerprint density at radius 1 is 1.42 bits per heavy atom. The number of rotatable bonds is 7. The lowest BCUT2D eigenvalue weighted by Gasteiger charge is -2.27. The first-order valence-corrected chi connectivity index (χ1v) is 7.23. The van der Waals surface area contributed by atoms with Gasteiger partial charge in [0.25, 0.3) is 0 Å². The third-order valence-electron chi connectivity index (χ3n) is 2.32. The zero-order chi connectivity index (χ0) is 15.5. The fourth-order valence-corrected chi connectivity index (χ4v) is 1.15. The molecule has 1 amide bonds. The van der Waals surface area contributed by atoms with Crippen molar-refractivity contribution < 1.29 is 26.4 Å². The third-order valence-corrected chi connectivity index (χ3v) is 2.84. The van der Waals surface area contributed by atoms with Crippen LogP contribution in [0.25, 0.3) is 0 Å². The molecule has 0 heterocycles. The van der Waals surface area contributed by atoms with Gasteiger partial charge in [-0.2, -0.15) is 0 Å². The highest BCUT2D eigenvalue weighted by molar-refractivity contribution is 7.80. The molecular formula is C11H24N2O5S. The van der Waals surface area contributed by atoms with E-state index in [-0.39, 0.29) is 12.5 Å². The minimum atomic E-state index is -4.42. The van der Waals surface area contributed by atoms with Gasteiger partial charge in [-0.3, -0.25) is 8.98 Å². The van der Waals surface area contributed by atoms with Crippen LogP contribution in [0.5, 0.6) is 0 Å². The van der Waals surface area contributed by atoms with Crippen molar-refractivity contribution in [2.75, 3.05) is 40.3 Å². The summed E-state index contributed by atoms with van der Waals surface area (Å²) in [6.07, 6.45) is 1.30. The van der Waals surface area contributed by atoms with Gasteiger partial charge in [0.05, 0.1) is 40.3 Å². The van der Waals surface area contributed by atoms with Crippen molar-refractivity contribution in [3.05, 3.63) is 12.7 Å². The van der Waals surface area contributed by atoms with Crippen LogP contribution in [-0.4, -0.2) is 63.7 Å². The molecule has 0 aliphatic heterocycles. The van der Waals surface area contributed by atoms with Gasteiger partial charge in [0.2, 0.25) is 16.3 Å². The molecule has 0 radical (unpaired) electrons. The van der Waals surface area contributed by atoms with Gasteiger partial charge in [0, 0.05) is 0 Å². The summed E-state index contributed by atoms with van der Waals surface area (Å²) in [4.78, 5) is 10.7. The maximum Gasteiger partial charge on any atom is 0.243 e. The molecule has 8 heteroatoms. The van der Waals surface area contributed by atoms with Gasteiger partial charge in [0.1, 0.15) is 0 Å². The van der Waals surface area contributed by atoms with E-state index in [2.05, 4.69) is 37.1 Å². The predicted molar refractivity (Wildman–Crippen MR) is 72.0 cm³/mol. The zero-order valence-electron chi connectivity index (χ0n) is 12.0. The van der Waals surface area contributed by atoms with E-state index >= 15 is 0 Å². The van der Waals surface area contributed by atoms with E-state index in [0.29, 0.717) is 6.54 Å². The summed E-state index contributed by atoms with van der Waals surface area (Å²) < 4.78 is 32.9. The molecule has 7 nitrogen and oxygen atoms in total. The molecule has 0 bridgehead atoms. The Kier molecular flexibility index (Phi) is 10.6. The number of carbonyl (C=O) groups excluding carboxylic acids is 1. The molecule has 0 unspecified atom stereocenters. The zero-order valence-corrected chi connectivity index (χ0v) is 12.8. The van der Waals surface area contributed by atoms with Crippen molar-refractivity contribution in [3.63, 3.8) is 0 Å². The lowest BCUT2D eigenvalue weighted by molar-refractivity contribution is -0.887. The number of quaternary nitrogens is 1. The van der Waals surface area contributed by atoms with Gasteiger partial charge < -0.3 is 14.4 Å². The van der Waals surface area contributed by atoms with Gasteiger partial charge in [-0.25, -0.2) is 8.42 Å². The van der Waals surface area contributed by atoms with Crippen LogP contribution >= 0.6 is 0 Å². The SMILES string of the molecule is C=CC(=O)NCC[N+](C)(C)CC.CCOS(=O)(=O)[O-]. The van der Waals surface area contributed by atoms with Gasteiger partial charge in [-0.1, -0.05) is 6.58 Å². The molecule has 0 aliphatic carbocycles. The maximum atomic E-state index is 10.7. The van der Waals surface area contributed by atoms with E-state index in [1.54, 1.807) is 0 Å². The van der Waals surface area contributed by atoms with E-state index in [1.165, 1.54) is 13.0 Å². The predicted octanol–water partition coefficient (Wildman–Crippen LogP) is -0.132. The van der Waals surface area contributed by atoms with Gasteiger partial charge in [0.15, 0.2) is 0 Å². The van der Waals surface area contributed by atoms with Crippen molar-refractivity contribution in [2.45, 2.75) is 13.8 Å². The summed E-state index contributed by atoms with van der Waals surface area (Å²) >= 11 is 0. The van der Waals surface area contributed by atoms with E-state index in [1.807, 2.05) is 0 Å². The molecular weight excluding hydrogens is 272 g/mol. The normalized spacial score (nSPS) is 11.2. The molecule has 0 aromatic heterocycles. The highest BCUT2D eigenvalue weighted by Gasteiger charge is 2.10. The first-order chi connectivity index (χ1) is 8.58. The van der Waals surface area contributed by atoms with Crippen molar-refractivity contribution in [1.82, 2.24) is 5.32 Å². The Morgan fingerprint density at radius 2 is 1.95 bits per heavy atom. The number of hydrogen-bond donors (Lipinski definition) is 1. The van der Waals surface area contributed by atoms with Gasteiger partial charge in [-0.05, 0) is 19.9 Å². The summed E-state index contributed by atoms with van der Waals surface area (Å²) in [5.74, 6) is -0.0916. The molecule has 0 saturated carbocycles. The van der Waals surface area contributed by atoms with Crippen LogP contribution in [0, 0.1) is 0 Å². The number of carbonyl (C=O) groups is 1. The lowest BCUT2D eigenvalue weighted by Crippen LogP contribution is -2.44. The summed E-state index contributed by atoms with van der Waals surface area (Å²) in [5, 5.41) is 2.75. The average molecular weight is 296 g/mol. The number of nitrogens with zero attached hydrogens (tertiary/aromatic N) is 1. The first-order valence-electron chi connectivity index (χ1n) is 5.90. The fraction of sp³-hybridized carbons (Fsp3) is 0.727. The second-order valence-electron chi connectivity index (χ2n) is 4.29. The van der Waals surface area contributed by atoms with Crippen LogP contribution in [0.2, 0.25) is 0 Å². The summed E-state index contributed by atoms with van der Waals surface area (Å²) in [6.45, 7) is 9.59. The summed E-state index contributed by atoms with van der Waals surface area (Å²) in [5.41, 5.74) is 0. The molecule has 0 saturated heterocycles. The molecule has 0 atom stereocenters. The number of hydrogen-bond acceptors (Lipinski definition) is 5. The van der Waals surface area contributed by atoms with Crippen molar-refractivity contribution >= 4 is 16.3 Å². The Hall–Kier alpha value is -0.960. The van der Waals surface area contributed by atoms with Crippen molar-refractivity contribution in [1.29, 1.82) is 0 Å². The quantitative estimate of drug-likeness (QED) is 0.305. The smallest absolute Gasteiger partial charge is 0.243 e. The van der Waals surface area contributed by atoms with Crippen LogP contribution in [0.15, 0.2) is 12.7 Å². The Labute approximate surface area is 115 Å².